The molecule has 0 spiro atoms. The van der Waals surface area contributed by atoms with Crippen LogP contribution in [0.25, 0.3) is 0 Å². The van der Waals surface area contributed by atoms with Gasteiger partial charge in [0.2, 0.25) is 5.91 Å². The molecule has 0 radical (unpaired) electrons. The van der Waals surface area contributed by atoms with Crippen LogP contribution in [0.4, 0.5) is 5.69 Å². The van der Waals surface area contributed by atoms with Crippen molar-refractivity contribution in [3.63, 3.8) is 0 Å². The number of nitrogens with zero attached hydrogens (tertiary/aromatic N) is 1. The summed E-state index contributed by atoms with van der Waals surface area (Å²) < 4.78 is 5.02. The molecule has 0 fully saturated rings. The lowest BCUT2D eigenvalue weighted by Gasteiger charge is -2.23. The van der Waals surface area contributed by atoms with Gasteiger partial charge >= 0.3 is 0 Å². The fraction of sp³-hybridized carbons (Fsp3) is 0.294. The highest BCUT2D eigenvalue weighted by Crippen LogP contribution is 2.21. The van der Waals surface area contributed by atoms with Crippen molar-refractivity contribution in [2.75, 3.05) is 18.0 Å². The van der Waals surface area contributed by atoms with Crippen molar-refractivity contribution >= 4 is 17.5 Å². The number of hydrogen-bond acceptors (Lipinski definition) is 3. The molecule has 0 unspecified atom stereocenters. The average molecular weight is 300 g/mol. The standard InChI is InChI=1S/C17H20N2O3/c1-12-6-7-15(13(2)11-12)19(14(3)20)9-8-18-17(21)16-5-4-10-22-16/h4-7,10-11H,8-9H2,1-3H3,(H,18,21). The van der Waals surface area contributed by atoms with Gasteiger partial charge in [-0.3, -0.25) is 9.59 Å². The molecule has 1 heterocycles. The molecule has 2 amide bonds. The number of benzene rings is 1. The van der Waals surface area contributed by atoms with Gasteiger partial charge in [0.25, 0.3) is 5.91 Å². The zero-order valence-electron chi connectivity index (χ0n) is 13.1. The first-order valence-electron chi connectivity index (χ1n) is 7.16. The summed E-state index contributed by atoms with van der Waals surface area (Å²) in [5, 5.41) is 2.74. The van der Waals surface area contributed by atoms with Gasteiger partial charge in [-0.1, -0.05) is 17.7 Å². The number of carbonyl (C=O) groups is 2. The largest absolute Gasteiger partial charge is 0.459 e. The minimum Gasteiger partial charge on any atom is -0.459 e. The van der Waals surface area contributed by atoms with E-state index in [0.717, 1.165) is 16.8 Å². The van der Waals surface area contributed by atoms with Crippen LogP contribution < -0.4 is 10.2 Å². The summed E-state index contributed by atoms with van der Waals surface area (Å²) in [5.41, 5.74) is 3.05. The van der Waals surface area contributed by atoms with Gasteiger partial charge in [-0.05, 0) is 37.6 Å². The molecule has 0 saturated carbocycles. The molecule has 0 saturated heterocycles. The number of amides is 2. The quantitative estimate of drug-likeness (QED) is 0.923. The Morgan fingerprint density at radius 1 is 1.23 bits per heavy atom. The highest BCUT2D eigenvalue weighted by atomic mass is 16.3. The van der Waals surface area contributed by atoms with Crippen molar-refractivity contribution in [2.24, 2.45) is 0 Å². The van der Waals surface area contributed by atoms with Crippen molar-refractivity contribution in [3.05, 3.63) is 53.5 Å². The Hall–Kier alpha value is -2.56. The lowest BCUT2D eigenvalue weighted by molar-refractivity contribution is -0.116. The first-order chi connectivity index (χ1) is 10.5. The topological polar surface area (TPSA) is 62.6 Å². The van der Waals surface area contributed by atoms with Gasteiger partial charge in [-0.15, -0.1) is 0 Å². The van der Waals surface area contributed by atoms with Gasteiger partial charge in [0.15, 0.2) is 5.76 Å². The number of carbonyl (C=O) groups excluding carboxylic acids is 2. The maximum Gasteiger partial charge on any atom is 0.287 e. The van der Waals surface area contributed by atoms with Crippen molar-refractivity contribution < 1.29 is 14.0 Å². The Morgan fingerprint density at radius 2 is 2.00 bits per heavy atom. The molecule has 0 atom stereocenters. The van der Waals surface area contributed by atoms with Crippen LogP contribution in [0, 0.1) is 13.8 Å². The zero-order chi connectivity index (χ0) is 16.1. The molecule has 1 aromatic heterocycles. The van der Waals surface area contributed by atoms with E-state index in [0.29, 0.717) is 13.1 Å². The van der Waals surface area contributed by atoms with Crippen molar-refractivity contribution in [1.82, 2.24) is 5.32 Å². The molecule has 1 aromatic carbocycles. The Labute approximate surface area is 129 Å². The number of hydrogen-bond donors (Lipinski definition) is 1. The predicted molar refractivity (Wildman–Crippen MR) is 85.0 cm³/mol. The van der Waals surface area contributed by atoms with Gasteiger partial charge < -0.3 is 14.6 Å². The van der Waals surface area contributed by atoms with Crippen LogP contribution in [0.2, 0.25) is 0 Å². The molecule has 2 rings (SSSR count). The van der Waals surface area contributed by atoms with Gasteiger partial charge in [-0.25, -0.2) is 0 Å². The molecule has 0 bridgehead atoms. The third kappa shape index (κ3) is 3.75. The summed E-state index contributed by atoms with van der Waals surface area (Å²) in [7, 11) is 0. The Balaban J connectivity index is 2.01. The molecule has 116 valence electrons. The second-order valence-electron chi connectivity index (χ2n) is 5.19. The van der Waals surface area contributed by atoms with E-state index in [1.54, 1.807) is 17.0 Å². The Bertz CT molecular complexity index is 663. The van der Waals surface area contributed by atoms with Crippen LogP contribution in [-0.4, -0.2) is 24.9 Å². The summed E-state index contributed by atoms with van der Waals surface area (Å²) >= 11 is 0. The van der Waals surface area contributed by atoms with Crippen molar-refractivity contribution in [3.8, 4) is 0 Å². The SMILES string of the molecule is CC(=O)N(CCNC(=O)c1ccco1)c1ccc(C)cc1C. The van der Waals surface area contributed by atoms with Gasteiger partial charge in [0.1, 0.15) is 0 Å². The second kappa shape index (κ2) is 6.93. The van der Waals surface area contributed by atoms with E-state index in [-0.39, 0.29) is 17.6 Å². The second-order valence-corrected chi connectivity index (χ2v) is 5.19. The van der Waals surface area contributed by atoms with Crippen molar-refractivity contribution in [2.45, 2.75) is 20.8 Å². The molecule has 0 aliphatic carbocycles. The average Bonchev–Trinajstić information content (AvgIpc) is 2.98. The van der Waals surface area contributed by atoms with Crippen LogP contribution >= 0.6 is 0 Å². The maximum atomic E-state index is 11.9. The molecule has 0 aliphatic rings. The van der Waals surface area contributed by atoms with Crippen LogP contribution in [-0.2, 0) is 4.79 Å². The van der Waals surface area contributed by atoms with E-state index in [4.69, 9.17) is 4.42 Å². The van der Waals surface area contributed by atoms with Crippen LogP contribution in [0.3, 0.4) is 0 Å². The van der Waals surface area contributed by atoms with E-state index in [1.807, 2.05) is 32.0 Å². The van der Waals surface area contributed by atoms with Crippen LogP contribution in [0.5, 0.6) is 0 Å². The van der Waals surface area contributed by atoms with Crippen LogP contribution in [0.15, 0.2) is 41.0 Å². The normalized spacial score (nSPS) is 10.3. The third-order valence-corrected chi connectivity index (χ3v) is 3.39. The molecule has 5 nitrogen and oxygen atoms in total. The van der Waals surface area contributed by atoms with E-state index in [9.17, 15) is 9.59 Å². The number of nitrogens with one attached hydrogen (secondary N) is 1. The van der Waals surface area contributed by atoms with E-state index in [2.05, 4.69) is 5.32 Å². The Kier molecular flexibility index (Phi) is 4.99. The number of rotatable bonds is 5. The smallest absolute Gasteiger partial charge is 0.287 e. The van der Waals surface area contributed by atoms with E-state index >= 15 is 0 Å². The fourth-order valence-electron chi connectivity index (χ4n) is 2.33. The summed E-state index contributed by atoms with van der Waals surface area (Å²) in [5.74, 6) is -0.0748. The molecule has 1 N–H and O–H groups in total. The summed E-state index contributed by atoms with van der Waals surface area (Å²) in [6.45, 7) is 6.27. The molecular weight excluding hydrogens is 280 g/mol. The molecular formula is C17H20N2O3. The minimum atomic E-state index is -0.283. The maximum absolute atomic E-state index is 11.9. The van der Waals surface area contributed by atoms with E-state index < -0.39 is 0 Å². The van der Waals surface area contributed by atoms with Gasteiger partial charge in [0, 0.05) is 25.7 Å². The third-order valence-electron chi connectivity index (χ3n) is 3.39. The highest BCUT2D eigenvalue weighted by Gasteiger charge is 2.15. The lowest BCUT2D eigenvalue weighted by atomic mass is 10.1. The first-order valence-corrected chi connectivity index (χ1v) is 7.16. The summed E-state index contributed by atoms with van der Waals surface area (Å²) in [6.07, 6.45) is 1.45. The number of furan rings is 1. The van der Waals surface area contributed by atoms with Gasteiger partial charge in [-0.2, -0.15) is 0 Å². The minimum absolute atomic E-state index is 0.0563. The fourth-order valence-corrected chi connectivity index (χ4v) is 2.33. The Morgan fingerprint density at radius 3 is 2.59 bits per heavy atom. The molecule has 5 heteroatoms. The van der Waals surface area contributed by atoms with Crippen molar-refractivity contribution in [1.29, 1.82) is 0 Å². The highest BCUT2D eigenvalue weighted by molar-refractivity contribution is 5.93. The molecule has 22 heavy (non-hydrogen) atoms. The first kappa shape index (κ1) is 15.8. The predicted octanol–water partition coefficient (Wildman–Crippen LogP) is 2.68. The van der Waals surface area contributed by atoms with E-state index in [1.165, 1.54) is 13.2 Å². The van der Waals surface area contributed by atoms with Gasteiger partial charge in [0.05, 0.1) is 6.26 Å². The summed E-state index contributed by atoms with van der Waals surface area (Å²) in [4.78, 5) is 25.3. The monoisotopic (exact) mass is 300 g/mol. The molecule has 2 aromatic rings. The lowest BCUT2D eigenvalue weighted by Crippen LogP contribution is -2.37. The number of aryl methyl sites for hydroxylation is 2. The zero-order valence-corrected chi connectivity index (χ0v) is 13.1. The number of anilines is 1. The van der Waals surface area contributed by atoms with Crippen LogP contribution in [0.1, 0.15) is 28.6 Å². The summed E-state index contributed by atoms with van der Waals surface area (Å²) in [6, 6.07) is 9.20. The molecule has 0 aliphatic heterocycles.